The van der Waals surface area contributed by atoms with Crippen LogP contribution in [0.5, 0.6) is 0 Å². The van der Waals surface area contributed by atoms with Crippen LogP contribution in [0.4, 0.5) is 10.5 Å². The first-order valence-electron chi connectivity index (χ1n) is 6.04. The molecule has 4 nitrogen and oxygen atoms in total. The van der Waals surface area contributed by atoms with Crippen molar-refractivity contribution in [3.05, 3.63) is 30.3 Å². The van der Waals surface area contributed by atoms with Crippen molar-refractivity contribution in [2.75, 3.05) is 18.4 Å². The maximum Gasteiger partial charge on any atom is 0.322 e. The van der Waals surface area contributed by atoms with Gasteiger partial charge in [0, 0.05) is 30.9 Å². The molecule has 0 spiro atoms. The molecule has 0 aromatic heterocycles. The normalized spacial score (nSPS) is 24.5. The molecule has 0 saturated carbocycles. The fourth-order valence-corrected chi connectivity index (χ4v) is 2.06. The summed E-state index contributed by atoms with van der Waals surface area (Å²) in [4.78, 5) is 14.0. The Balaban J connectivity index is 2.00. The van der Waals surface area contributed by atoms with Gasteiger partial charge in [-0.05, 0) is 26.0 Å². The molecule has 4 heteroatoms. The number of hydrogen-bond acceptors (Lipinski definition) is 2. The summed E-state index contributed by atoms with van der Waals surface area (Å²) in [5.41, 5.74) is 0.843. The van der Waals surface area contributed by atoms with E-state index in [0.29, 0.717) is 6.04 Å². The highest BCUT2D eigenvalue weighted by atomic mass is 16.2. The summed E-state index contributed by atoms with van der Waals surface area (Å²) in [6.07, 6.45) is 0. The first-order valence-corrected chi connectivity index (χ1v) is 6.04. The summed E-state index contributed by atoms with van der Waals surface area (Å²) < 4.78 is 0. The fraction of sp³-hybridized carbons (Fsp3) is 0.462. The van der Waals surface area contributed by atoms with Crippen molar-refractivity contribution >= 4 is 11.7 Å². The molecule has 1 aliphatic rings. The van der Waals surface area contributed by atoms with Gasteiger partial charge in [0.1, 0.15) is 0 Å². The fourth-order valence-electron chi connectivity index (χ4n) is 2.06. The maximum absolute atomic E-state index is 12.1. The van der Waals surface area contributed by atoms with E-state index in [1.54, 1.807) is 0 Å². The highest BCUT2D eigenvalue weighted by molar-refractivity contribution is 5.89. The SMILES string of the molecule is CC1NCCN(C(=O)Nc2ccccc2)C1C. The molecule has 2 unspecified atom stereocenters. The molecule has 92 valence electrons. The number of carbonyl (C=O) groups excluding carboxylic acids is 1. The van der Waals surface area contributed by atoms with E-state index >= 15 is 0 Å². The van der Waals surface area contributed by atoms with E-state index in [2.05, 4.69) is 24.5 Å². The van der Waals surface area contributed by atoms with Gasteiger partial charge in [0.2, 0.25) is 0 Å². The Labute approximate surface area is 102 Å². The minimum absolute atomic E-state index is 0.0166. The molecule has 1 fully saturated rings. The number of para-hydroxylation sites is 1. The number of piperazine rings is 1. The molecule has 17 heavy (non-hydrogen) atoms. The van der Waals surface area contributed by atoms with Gasteiger partial charge in [-0.25, -0.2) is 4.79 Å². The summed E-state index contributed by atoms with van der Waals surface area (Å²) in [5.74, 6) is 0. The third-order valence-electron chi connectivity index (χ3n) is 3.32. The number of carbonyl (C=O) groups is 1. The number of urea groups is 1. The van der Waals surface area contributed by atoms with Gasteiger partial charge in [0.05, 0.1) is 0 Å². The van der Waals surface area contributed by atoms with Gasteiger partial charge >= 0.3 is 6.03 Å². The zero-order valence-corrected chi connectivity index (χ0v) is 10.3. The lowest BCUT2D eigenvalue weighted by Crippen LogP contribution is -2.58. The summed E-state index contributed by atoms with van der Waals surface area (Å²) in [7, 11) is 0. The van der Waals surface area contributed by atoms with Gasteiger partial charge in [-0.3, -0.25) is 0 Å². The summed E-state index contributed by atoms with van der Waals surface area (Å²) in [6.45, 7) is 5.78. The van der Waals surface area contributed by atoms with Crippen LogP contribution < -0.4 is 10.6 Å². The highest BCUT2D eigenvalue weighted by Crippen LogP contribution is 2.12. The molecular formula is C13H19N3O. The van der Waals surface area contributed by atoms with Crippen LogP contribution in [0.3, 0.4) is 0 Å². The number of anilines is 1. The lowest BCUT2D eigenvalue weighted by molar-refractivity contribution is 0.156. The number of benzene rings is 1. The standard InChI is InChI=1S/C13H19N3O/c1-10-11(2)16(9-8-14-10)13(17)15-12-6-4-3-5-7-12/h3-7,10-11,14H,8-9H2,1-2H3,(H,15,17). The van der Waals surface area contributed by atoms with Gasteiger partial charge in [-0.2, -0.15) is 0 Å². The minimum atomic E-state index is -0.0166. The molecule has 0 aliphatic carbocycles. The average molecular weight is 233 g/mol. The molecule has 2 N–H and O–H groups in total. The van der Waals surface area contributed by atoms with E-state index < -0.39 is 0 Å². The van der Waals surface area contributed by atoms with Gasteiger partial charge < -0.3 is 15.5 Å². The van der Waals surface area contributed by atoms with Gasteiger partial charge in [-0.15, -0.1) is 0 Å². The molecule has 0 bridgehead atoms. The lowest BCUT2D eigenvalue weighted by Gasteiger charge is -2.38. The number of nitrogens with one attached hydrogen (secondary N) is 2. The van der Waals surface area contributed by atoms with E-state index in [1.165, 1.54) is 0 Å². The van der Waals surface area contributed by atoms with Crippen LogP contribution >= 0.6 is 0 Å². The third-order valence-corrected chi connectivity index (χ3v) is 3.32. The predicted octanol–water partition coefficient (Wildman–Crippen LogP) is 1.90. The van der Waals surface area contributed by atoms with Crippen LogP contribution in [0, 0.1) is 0 Å². The molecule has 2 atom stereocenters. The number of amides is 2. The Bertz CT molecular complexity index is 380. The Kier molecular flexibility index (Phi) is 3.64. The first kappa shape index (κ1) is 11.9. The number of hydrogen-bond donors (Lipinski definition) is 2. The summed E-state index contributed by atoms with van der Waals surface area (Å²) in [6, 6.07) is 10.1. The predicted molar refractivity (Wildman–Crippen MR) is 69.1 cm³/mol. The van der Waals surface area contributed by atoms with Crippen LogP contribution in [0.25, 0.3) is 0 Å². The van der Waals surface area contributed by atoms with E-state index in [1.807, 2.05) is 35.2 Å². The Morgan fingerprint density at radius 2 is 2.06 bits per heavy atom. The largest absolute Gasteiger partial charge is 0.322 e. The zero-order valence-electron chi connectivity index (χ0n) is 10.3. The van der Waals surface area contributed by atoms with Gasteiger partial charge in [0.15, 0.2) is 0 Å². The highest BCUT2D eigenvalue weighted by Gasteiger charge is 2.27. The molecular weight excluding hydrogens is 214 g/mol. The van der Waals surface area contributed by atoms with Crippen molar-refractivity contribution in [3.63, 3.8) is 0 Å². The molecule has 1 aromatic carbocycles. The third kappa shape index (κ3) is 2.77. The summed E-state index contributed by atoms with van der Waals surface area (Å²) in [5, 5.41) is 6.28. The zero-order chi connectivity index (χ0) is 12.3. The smallest absolute Gasteiger partial charge is 0.319 e. The second-order valence-electron chi connectivity index (χ2n) is 4.47. The van der Waals surface area contributed by atoms with Gasteiger partial charge in [-0.1, -0.05) is 18.2 Å². The molecule has 1 aliphatic heterocycles. The average Bonchev–Trinajstić information content (AvgIpc) is 2.34. The second-order valence-corrected chi connectivity index (χ2v) is 4.47. The molecule has 2 rings (SSSR count). The van der Waals surface area contributed by atoms with Crippen LogP contribution in [-0.4, -0.2) is 36.1 Å². The molecule has 1 saturated heterocycles. The number of rotatable bonds is 1. The molecule has 1 heterocycles. The van der Waals surface area contributed by atoms with E-state index in [9.17, 15) is 4.79 Å². The van der Waals surface area contributed by atoms with E-state index in [0.717, 1.165) is 18.8 Å². The van der Waals surface area contributed by atoms with Crippen molar-refractivity contribution < 1.29 is 4.79 Å². The number of nitrogens with zero attached hydrogens (tertiary/aromatic N) is 1. The Hall–Kier alpha value is -1.55. The van der Waals surface area contributed by atoms with Crippen molar-refractivity contribution in [1.29, 1.82) is 0 Å². The van der Waals surface area contributed by atoms with E-state index in [4.69, 9.17) is 0 Å². The van der Waals surface area contributed by atoms with Crippen molar-refractivity contribution in [1.82, 2.24) is 10.2 Å². The van der Waals surface area contributed by atoms with Crippen LogP contribution in [-0.2, 0) is 0 Å². The Morgan fingerprint density at radius 3 is 2.76 bits per heavy atom. The maximum atomic E-state index is 12.1. The van der Waals surface area contributed by atoms with Crippen molar-refractivity contribution in [3.8, 4) is 0 Å². The molecule has 1 aromatic rings. The lowest BCUT2D eigenvalue weighted by atomic mass is 10.1. The second kappa shape index (κ2) is 5.19. The Morgan fingerprint density at radius 1 is 1.35 bits per heavy atom. The van der Waals surface area contributed by atoms with Crippen LogP contribution in [0.15, 0.2) is 30.3 Å². The molecule has 2 amide bonds. The quantitative estimate of drug-likeness (QED) is 0.778. The topological polar surface area (TPSA) is 44.4 Å². The van der Waals surface area contributed by atoms with E-state index in [-0.39, 0.29) is 12.1 Å². The summed E-state index contributed by atoms with van der Waals surface area (Å²) >= 11 is 0. The van der Waals surface area contributed by atoms with Crippen molar-refractivity contribution in [2.45, 2.75) is 25.9 Å². The monoisotopic (exact) mass is 233 g/mol. The van der Waals surface area contributed by atoms with Crippen LogP contribution in [0.2, 0.25) is 0 Å². The van der Waals surface area contributed by atoms with Gasteiger partial charge in [0.25, 0.3) is 0 Å². The van der Waals surface area contributed by atoms with Crippen molar-refractivity contribution in [2.24, 2.45) is 0 Å². The first-order chi connectivity index (χ1) is 8.18. The van der Waals surface area contributed by atoms with Crippen LogP contribution in [0.1, 0.15) is 13.8 Å². The molecule has 0 radical (unpaired) electrons. The minimum Gasteiger partial charge on any atom is -0.319 e.